The van der Waals surface area contributed by atoms with Crippen LogP contribution in [0, 0.1) is 35.5 Å². The minimum absolute atomic E-state index is 0.0180. The van der Waals surface area contributed by atoms with E-state index in [4.69, 9.17) is 29.7 Å². The number of methoxy groups -OCH3 is 1. The number of nitrogens with two attached hydrogens (primary N) is 1. The third-order valence-electron chi connectivity index (χ3n) is 14.6. The number of primary amides is 1. The highest BCUT2D eigenvalue weighted by Gasteiger charge is 2.58. The lowest BCUT2D eigenvalue weighted by atomic mass is 9.85. The minimum Gasteiger partial charge on any atom is -0.453 e. The van der Waals surface area contributed by atoms with Crippen LogP contribution in [0.1, 0.15) is 114 Å². The number of alkyl carbamates (subject to hydrolysis) is 1. The van der Waals surface area contributed by atoms with E-state index >= 15 is 0 Å². The molecular weight excluding hydrogens is 829 g/mol. The maximum Gasteiger partial charge on any atom is 0.407 e. The van der Waals surface area contributed by atoms with E-state index < -0.39 is 24.3 Å². The molecule has 0 radical (unpaired) electrons. The summed E-state index contributed by atoms with van der Waals surface area (Å²) in [5.41, 5.74) is 8.80. The molecule has 0 bridgehead atoms. The second-order valence-electron chi connectivity index (χ2n) is 19.5. The highest BCUT2D eigenvalue weighted by molar-refractivity contribution is 5.89. The number of piperidine rings is 2. The summed E-state index contributed by atoms with van der Waals surface area (Å²) in [6.45, 7) is 7.97. The maximum absolute atomic E-state index is 14.4. The number of imidazole rings is 2. The summed E-state index contributed by atoms with van der Waals surface area (Å²) >= 11 is 0. The quantitative estimate of drug-likeness (QED) is 0.139. The van der Waals surface area contributed by atoms with Crippen molar-refractivity contribution >= 4 is 34.8 Å². The molecule has 6 aliphatic rings. The molecule has 6 fully saturated rings. The van der Waals surface area contributed by atoms with E-state index in [1.165, 1.54) is 7.11 Å². The first-order chi connectivity index (χ1) is 31.3. The third kappa shape index (κ3) is 8.68. The van der Waals surface area contributed by atoms with Gasteiger partial charge in [-0.15, -0.1) is 0 Å². The first-order valence-electron chi connectivity index (χ1n) is 23.2. The predicted molar refractivity (Wildman–Crippen MR) is 238 cm³/mol. The number of aromatic nitrogens is 4. The largest absolute Gasteiger partial charge is 0.453 e. The number of fused-ring (bicyclic) bond motifs is 3. The van der Waals surface area contributed by atoms with E-state index in [9.17, 15) is 19.2 Å². The first kappa shape index (κ1) is 43.0. The molecule has 2 aromatic carbocycles. The molecule has 0 unspecified atom stereocenters. The number of nitrogens with one attached hydrogen (secondary N) is 3. The normalized spacial score (nSPS) is 32.1. The zero-order valence-corrected chi connectivity index (χ0v) is 37.5. The number of hydrogen-bond acceptors (Lipinski definition) is 10. The number of amides is 4. The minimum atomic E-state index is -0.975. The van der Waals surface area contributed by atoms with Crippen molar-refractivity contribution in [2.45, 2.75) is 140 Å². The molecule has 2 aromatic heterocycles. The Morgan fingerprint density at radius 2 is 1.32 bits per heavy atom. The number of likely N-dealkylation sites (tertiary alicyclic amines) is 2. The van der Waals surface area contributed by atoms with Gasteiger partial charge in [-0.3, -0.25) is 9.59 Å². The lowest BCUT2D eigenvalue weighted by Crippen LogP contribution is -2.55. The zero-order valence-electron chi connectivity index (χ0n) is 37.5. The molecule has 6 heterocycles. The monoisotopic (exact) mass is 886 g/mol. The van der Waals surface area contributed by atoms with Gasteiger partial charge in [-0.25, -0.2) is 19.6 Å². The van der Waals surface area contributed by atoms with Crippen LogP contribution in [0.4, 0.5) is 9.59 Å². The van der Waals surface area contributed by atoms with Gasteiger partial charge in [0.15, 0.2) is 6.10 Å². The van der Waals surface area contributed by atoms with Crippen molar-refractivity contribution in [2.75, 3.05) is 7.11 Å². The van der Waals surface area contributed by atoms with E-state index in [1.807, 2.05) is 49.8 Å². The standard InChI is InChI=1S/C49H58N8O8/c1-24-12-34(13-25(2)63-24)42(55-49(61)62-5)46(58)56-38-18-32(38)21-41(56)45-52-23-37(54-45)31-10-9-29-16-28(6-8-30(29)17-31)7-11-36-22-51-44(53-36)40-20-33-19-39(33)57(40)47(59)43(65-48(50)60)35-14-26(3)64-27(4)15-35/h6,8-10,16-17,22-27,32-35,38-43H,12-15,18-21H2,1-5H3,(H2,50,60)(H,51,53)(H,52,54)(H,55,61)/t24-,25-,26-,27-,32+,33+,38+,39+,40-,41-,42-,43-/m0/s1. The molecule has 65 heavy (non-hydrogen) atoms. The van der Waals surface area contributed by atoms with Crippen molar-refractivity contribution in [1.29, 1.82) is 0 Å². The molecule has 2 aliphatic carbocycles. The molecule has 4 aromatic rings. The summed E-state index contributed by atoms with van der Waals surface area (Å²) in [6, 6.07) is 11.3. The van der Waals surface area contributed by atoms with Gasteiger partial charge in [0.2, 0.25) is 5.91 Å². The Balaban J connectivity index is 0.821. The zero-order chi connectivity index (χ0) is 45.3. The molecule has 12 atom stereocenters. The fourth-order valence-electron chi connectivity index (χ4n) is 11.7. The number of carbonyl (C=O) groups is 4. The topological polar surface area (TPSA) is 207 Å². The van der Waals surface area contributed by atoms with Crippen LogP contribution in [-0.2, 0) is 28.5 Å². The molecule has 2 saturated carbocycles. The van der Waals surface area contributed by atoms with Gasteiger partial charge in [0.05, 0.1) is 61.7 Å². The lowest BCUT2D eigenvalue weighted by molar-refractivity contribution is -0.151. The fourth-order valence-corrected chi connectivity index (χ4v) is 11.7. The van der Waals surface area contributed by atoms with Crippen molar-refractivity contribution in [1.82, 2.24) is 35.1 Å². The van der Waals surface area contributed by atoms with Crippen LogP contribution in [0.3, 0.4) is 0 Å². The molecule has 4 saturated heterocycles. The van der Waals surface area contributed by atoms with Crippen LogP contribution in [0.25, 0.3) is 22.0 Å². The second kappa shape index (κ2) is 17.1. The van der Waals surface area contributed by atoms with Crippen molar-refractivity contribution in [3.63, 3.8) is 0 Å². The number of ether oxygens (including phenoxy) is 4. The molecule has 342 valence electrons. The maximum atomic E-state index is 14.4. The summed E-state index contributed by atoms with van der Waals surface area (Å²) in [7, 11) is 1.32. The van der Waals surface area contributed by atoms with Gasteiger partial charge in [-0.2, -0.15) is 0 Å². The van der Waals surface area contributed by atoms with E-state index in [0.29, 0.717) is 49.0 Å². The molecule has 0 spiro atoms. The number of hydrogen-bond donors (Lipinski definition) is 4. The Bertz CT molecular complexity index is 2540. The van der Waals surface area contributed by atoms with Gasteiger partial charge in [0.1, 0.15) is 23.4 Å². The van der Waals surface area contributed by atoms with Crippen molar-refractivity contribution < 1.29 is 38.1 Å². The number of aromatic amines is 2. The molecule has 10 rings (SSSR count). The van der Waals surface area contributed by atoms with Gasteiger partial charge in [0, 0.05) is 29.1 Å². The summed E-state index contributed by atoms with van der Waals surface area (Å²) < 4.78 is 22.4. The summed E-state index contributed by atoms with van der Waals surface area (Å²) in [5.74, 6) is 8.12. The van der Waals surface area contributed by atoms with E-state index in [0.717, 1.165) is 59.1 Å². The molecule has 5 N–H and O–H groups in total. The van der Waals surface area contributed by atoms with E-state index in [1.54, 1.807) is 6.20 Å². The van der Waals surface area contributed by atoms with E-state index in [2.05, 4.69) is 62.4 Å². The molecule has 16 heteroatoms. The second-order valence-corrected chi connectivity index (χ2v) is 19.5. The van der Waals surface area contributed by atoms with Crippen LogP contribution in [0.15, 0.2) is 48.8 Å². The van der Waals surface area contributed by atoms with Crippen molar-refractivity contribution in [2.24, 2.45) is 29.4 Å². The number of carbonyl (C=O) groups excluding carboxylic acids is 4. The van der Waals surface area contributed by atoms with Crippen molar-refractivity contribution in [3.8, 4) is 23.1 Å². The summed E-state index contributed by atoms with van der Waals surface area (Å²) in [4.78, 5) is 73.4. The molecule has 4 aliphatic heterocycles. The molecule has 4 amide bonds. The van der Waals surface area contributed by atoms with Crippen LogP contribution in [0.5, 0.6) is 0 Å². The summed E-state index contributed by atoms with van der Waals surface area (Å²) in [5, 5.41) is 4.96. The smallest absolute Gasteiger partial charge is 0.407 e. The van der Waals surface area contributed by atoms with Crippen LogP contribution in [-0.4, -0.2) is 109 Å². The van der Waals surface area contributed by atoms with Crippen LogP contribution < -0.4 is 11.1 Å². The van der Waals surface area contributed by atoms with Gasteiger partial charge in [0.25, 0.3) is 5.91 Å². The number of benzene rings is 2. The van der Waals surface area contributed by atoms with Gasteiger partial charge in [-0.1, -0.05) is 24.1 Å². The fraction of sp³-hybridized carbons (Fsp3) is 0.551. The predicted octanol–water partition coefficient (Wildman–Crippen LogP) is 6.27. The SMILES string of the molecule is COC(=O)N[C@H](C(=O)N1[C@@H]2C[C@@H]2C[C@H]1c1ncc(-c2ccc3cc(C#Cc4cnc([C@@H]5C[C@H]6C[C@H]6N5C(=O)[C@@H](OC(N)=O)C5C[C@H](C)O[C@@H](C)C5)[nH]4)ccc3c2)[nH]1)C1C[C@H](C)O[C@@H](C)C1. The lowest BCUT2D eigenvalue weighted by Gasteiger charge is -2.38. The number of H-pyrrole nitrogens is 2. The Morgan fingerprint density at radius 3 is 1.97 bits per heavy atom. The summed E-state index contributed by atoms with van der Waals surface area (Å²) in [6.07, 6.45) is 6.86. The van der Waals surface area contributed by atoms with Crippen LogP contribution >= 0.6 is 0 Å². The van der Waals surface area contributed by atoms with Gasteiger partial charge >= 0.3 is 12.2 Å². The van der Waals surface area contributed by atoms with Gasteiger partial charge < -0.3 is 49.8 Å². The third-order valence-corrected chi connectivity index (χ3v) is 14.6. The number of rotatable bonds is 9. The van der Waals surface area contributed by atoms with E-state index in [-0.39, 0.29) is 72.2 Å². The van der Waals surface area contributed by atoms with Crippen molar-refractivity contribution in [3.05, 3.63) is 71.7 Å². The Hall–Kier alpha value is -5.92. The average molecular weight is 887 g/mol. The van der Waals surface area contributed by atoms with Gasteiger partial charge in [-0.05, 0) is 132 Å². The first-order valence-corrected chi connectivity index (χ1v) is 23.2. The highest BCUT2D eigenvalue weighted by Crippen LogP contribution is 2.55. The Morgan fingerprint density at radius 1 is 0.738 bits per heavy atom. The molecule has 16 nitrogen and oxygen atoms in total. The molecular formula is C49H58N8O8. The Kier molecular flexibility index (Phi) is 11.3. The average Bonchev–Trinajstić information content (AvgIpc) is 3.87. The highest BCUT2D eigenvalue weighted by atomic mass is 16.6. The Labute approximate surface area is 378 Å². The van der Waals surface area contributed by atoms with Crippen LogP contribution in [0.2, 0.25) is 0 Å². The number of nitrogens with zero attached hydrogens (tertiary/aromatic N) is 4.